The van der Waals surface area contributed by atoms with Crippen LogP contribution in [0.25, 0.3) is 64.4 Å². The van der Waals surface area contributed by atoms with Gasteiger partial charge in [-0.15, -0.1) is 11.3 Å². The van der Waals surface area contributed by atoms with Gasteiger partial charge in [-0.2, -0.15) is 0 Å². The number of hydrogen-bond acceptors (Lipinski definition) is 6. The molecule has 0 N–H and O–H groups in total. The van der Waals surface area contributed by atoms with Crippen LogP contribution >= 0.6 is 23.1 Å². The minimum atomic E-state index is 0.888. The molecule has 12 aromatic carbocycles. The SMILES string of the molecule is Cc1ccc(-c2cccc3c2oc2ccccc23)cc1.Cc1ccc(-c2cccc3c2sc2ccccc23)cc1.Cc1ccc2c(c1)Oc1ccccc1N2c1ccccc1.Cc1ccc2c(c1)Sc1ccccc1N2c1ccccc1. The highest BCUT2D eigenvalue weighted by atomic mass is 32.2. The Kier molecular flexibility index (Phi) is 14.5. The third kappa shape index (κ3) is 10.4. The van der Waals surface area contributed by atoms with Crippen molar-refractivity contribution in [3.63, 3.8) is 0 Å². The summed E-state index contributed by atoms with van der Waals surface area (Å²) in [5.74, 6) is 1.79. The maximum atomic E-state index is 6.07. The lowest BCUT2D eigenvalue weighted by atomic mass is 10.0. The maximum Gasteiger partial charge on any atom is 0.151 e. The molecule has 0 spiro atoms. The molecule has 2 aliphatic heterocycles. The van der Waals surface area contributed by atoms with Crippen molar-refractivity contribution in [2.75, 3.05) is 9.80 Å². The molecule has 0 saturated heterocycles. The average Bonchev–Trinajstić information content (AvgIpc) is 4.25. The highest BCUT2D eigenvalue weighted by Crippen LogP contribution is 2.52. The van der Waals surface area contributed by atoms with Gasteiger partial charge in [0.05, 0.1) is 22.7 Å². The van der Waals surface area contributed by atoms with Crippen LogP contribution in [-0.4, -0.2) is 0 Å². The second kappa shape index (κ2) is 22.9. The van der Waals surface area contributed by atoms with Crippen LogP contribution in [0.5, 0.6) is 11.5 Å². The van der Waals surface area contributed by atoms with Gasteiger partial charge in [-0.25, -0.2) is 0 Å². The quantitative estimate of drug-likeness (QED) is 0.175. The first kappa shape index (κ1) is 51.8. The highest BCUT2D eigenvalue weighted by molar-refractivity contribution is 7.99. The smallest absolute Gasteiger partial charge is 0.151 e. The molecule has 0 unspecified atom stereocenters. The summed E-state index contributed by atoms with van der Waals surface area (Å²) in [5, 5.41) is 5.08. The van der Waals surface area contributed by atoms with E-state index in [1.54, 1.807) is 0 Å². The highest BCUT2D eigenvalue weighted by Gasteiger charge is 2.26. The first-order valence-corrected chi connectivity index (χ1v) is 29.3. The third-order valence-corrected chi connectivity index (χ3v) is 17.3. The van der Waals surface area contributed by atoms with E-state index in [0.29, 0.717) is 0 Å². The Hall–Kier alpha value is -9.59. The first-order chi connectivity index (χ1) is 40.3. The molecule has 0 radical (unpaired) electrons. The van der Waals surface area contributed by atoms with Crippen molar-refractivity contribution in [2.45, 2.75) is 37.5 Å². The Morgan fingerprint density at radius 2 is 0.829 bits per heavy atom. The summed E-state index contributed by atoms with van der Waals surface area (Å²) >= 11 is 3.74. The molecule has 0 atom stereocenters. The van der Waals surface area contributed by atoms with E-state index in [1.165, 1.54) is 96.7 Å². The Balaban J connectivity index is 0.000000103. The second-order valence-electron chi connectivity index (χ2n) is 20.7. The molecular weight excluding hydrogens is 1040 g/mol. The topological polar surface area (TPSA) is 28.9 Å². The fourth-order valence-electron chi connectivity index (χ4n) is 10.9. The third-order valence-electron chi connectivity index (χ3n) is 14.9. The Morgan fingerprint density at radius 3 is 1.55 bits per heavy atom. The van der Waals surface area contributed by atoms with Gasteiger partial charge in [-0.05, 0) is 140 Å². The molecule has 16 rings (SSSR count). The number of rotatable bonds is 4. The van der Waals surface area contributed by atoms with Gasteiger partial charge < -0.3 is 19.0 Å². The van der Waals surface area contributed by atoms with Crippen LogP contribution in [-0.2, 0) is 0 Å². The van der Waals surface area contributed by atoms with Gasteiger partial charge in [-0.1, -0.05) is 217 Å². The van der Waals surface area contributed by atoms with Crippen LogP contribution in [0.15, 0.2) is 293 Å². The number of benzene rings is 12. The van der Waals surface area contributed by atoms with Gasteiger partial charge in [0.25, 0.3) is 0 Å². The molecule has 0 fully saturated rings. The number of fused-ring (bicyclic) bond motifs is 10. The van der Waals surface area contributed by atoms with E-state index in [-0.39, 0.29) is 0 Å². The predicted molar refractivity (Wildman–Crippen MR) is 349 cm³/mol. The summed E-state index contributed by atoms with van der Waals surface area (Å²) in [6.07, 6.45) is 0. The largest absolute Gasteiger partial charge is 0.455 e. The molecule has 82 heavy (non-hydrogen) atoms. The van der Waals surface area contributed by atoms with E-state index in [9.17, 15) is 0 Å². The summed E-state index contributed by atoms with van der Waals surface area (Å²) in [6.45, 7) is 8.46. The minimum absolute atomic E-state index is 0.888. The van der Waals surface area contributed by atoms with Crippen molar-refractivity contribution in [1.29, 1.82) is 0 Å². The van der Waals surface area contributed by atoms with Crippen LogP contribution in [0.3, 0.4) is 0 Å². The lowest BCUT2D eigenvalue weighted by molar-refractivity contribution is 0.476. The molecule has 2 aromatic heterocycles. The van der Waals surface area contributed by atoms with Gasteiger partial charge in [0.2, 0.25) is 0 Å². The molecule has 2 aliphatic rings. The Morgan fingerprint density at radius 1 is 0.329 bits per heavy atom. The summed E-state index contributed by atoms with van der Waals surface area (Å²) in [5.41, 5.74) is 19.0. The molecule has 396 valence electrons. The van der Waals surface area contributed by atoms with Crippen LogP contribution in [0.2, 0.25) is 0 Å². The van der Waals surface area contributed by atoms with Crippen molar-refractivity contribution in [2.24, 2.45) is 0 Å². The predicted octanol–water partition coefficient (Wildman–Crippen LogP) is 23.1. The van der Waals surface area contributed by atoms with Crippen LogP contribution < -0.4 is 14.5 Å². The van der Waals surface area contributed by atoms with E-state index in [1.807, 2.05) is 59.5 Å². The number of thiophene rings is 1. The standard InChI is InChI=1S/C19H15NO.C19H15NS.C19H14O.C19H14S/c2*1-14-11-12-17-19(13-14)21-18-10-6-5-9-16(18)20(17)15-7-3-2-4-8-15;2*1-13-9-11-14(12-10-13)15-6-4-7-17-16-5-2-3-8-18(16)20-19(15)17/h2*2-13H,1H3;2*2-12H,1H3. The van der Waals surface area contributed by atoms with E-state index in [2.05, 4.69) is 280 Å². The van der Waals surface area contributed by atoms with Gasteiger partial charge >= 0.3 is 0 Å². The van der Waals surface area contributed by atoms with E-state index < -0.39 is 0 Å². The molecule has 4 heterocycles. The van der Waals surface area contributed by atoms with Gasteiger partial charge in [0.1, 0.15) is 11.2 Å². The Bertz CT molecular complexity index is 4270. The molecule has 14 aromatic rings. The summed E-state index contributed by atoms with van der Waals surface area (Å²) in [7, 11) is 0. The number of aryl methyl sites for hydroxylation is 4. The average molecular weight is 1100 g/mol. The van der Waals surface area contributed by atoms with Crippen LogP contribution in [0.1, 0.15) is 22.3 Å². The molecular formula is C76H58N2O2S2. The summed E-state index contributed by atoms with van der Waals surface area (Å²) in [4.78, 5) is 7.21. The number of nitrogens with zero attached hydrogens (tertiary/aromatic N) is 2. The number of ether oxygens (including phenoxy) is 1. The van der Waals surface area contributed by atoms with Crippen molar-refractivity contribution in [1.82, 2.24) is 0 Å². The zero-order valence-electron chi connectivity index (χ0n) is 46.1. The summed E-state index contributed by atoms with van der Waals surface area (Å²) in [6, 6.07) is 97.9. The van der Waals surface area contributed by atoms with E-state index >= 15 is 0 Å². The van der Waals surface area contributed by atoms with Crippen LogP contribution in [0, 0.1) is 27.7 Å². The summed E-state index contributed by atoms with van der Waals surface area (Å²) < 4.78 is 14.9. The minimum Gasteiger partial charge on any atom is -0.455 e. The number of para-hydroxylation sites is 7. The van der Waals surface area contributed by atoms with Crippen LogP contribution in [0.4, 0.5) is 34.1 Å². The second-order valence-corrected chi connectivity index (χ2v) is 22.9. The van der Waals surface area contributed by atoms with Gasteiger partial charge in [0.15, 0.2) is 11.5 Å². The normalized spacial score (nSPS) is 11.9. The van der Waals surface area contributed by atoms with E-state index in [0.717, 1.165) is 45.3 Å². The number of hydrogen-bond donors (Lipinski definition) is 0. The fraction of sp³-hybridized carbons (Fsp3) is 0.0526. The molecule has 6 heteroatoms. The molecule has 0 bridgehead atoms. The zero-order chi connectivity index (χ0) is 55.5. The zero-order valence-corrected chi connectivity index (χ0v) is 47.7. The van der Waals surface area contributed by atoms with E-state index in [4.69, 9.17) is 9.15 Å². The lowest BCUT2D eigenvalue weighted by Gasteiger charge is -2.33. The van der Waals surface area contributed by atoms with Gasteiger partial charge in [-0.3, -0.25) is 0 Å². The van der Waals surface area contributed by atoms with Crippen molar-refractivity contribution >= 4 is 99.3 Å². The molecule has 0 amide bonds. The monoisotopic (exact) mass is 1090 g/mol. The number of furan rings is 1. The van der Waals surface area contributed by atoms with Crippen molar-refractivity contribution in [3.05, 3.63) is 301 Å². The number of anilines is 6. The molecule has 0 aliphatic carbocycles. The fourth-order valence-corrected chi connectivity index (χ4v) is 13.2. The molecule has 0 saturated carbocycles. The molecule has 4 nitrogen and oxygen atoms in total. The lowest BCUT2D eigenvalue weighted by Crippen LogP contribution is -2.15. The Labute approximate surface area is 487 Å². The first-order valence-electron chi connectivity index (χ1n) is 27.7. The van der Waals surface area contributed by atoms with Crippen molar-refractivity contribution < 1.29 is 9.15 Å². The van der Waals surface area contributed by atoms with Gasteiger partial charge in [0, 0.05) is 57.7 Å². The maximum absolute atomic E-state index is 6.07. The van der Waals surface area contributed by atoms with Crippen molar-refractivity contribution in [3.8, 4) is 33.8 Å².